The Labute approximate surface area is 239 Å². The molecule has 0 aliphatic carbocycles. The third-order valence-electron chi connectivity index (χ3n) is 7.01. The maximum Gasteiger partial charge on any atom is 0.250 e. The Morgan fingerprint density at radius 1 is 1.07 bits per heavy atom. The van der Waals surface area contributed by atoms with Crippen molar-refractivity contribution >= 4 is 28.3 Å². The molecule has 10 nitrogen and oxygen atoms in total. The van der Waals surface area contributed by atoms with Crippen LogP contribution in [0, 0.1) is 0 Å². The summed E-state index contributed by atoms with van der Waals surface area (Å²) >= 11 is 0. The monoisotopic (exact) mass is 557 g/mol. The highest BCUT2D eigenvalue weighted by Crippen LogP contribution is 2.38. The van der Waals surface area contributed by atoms with Crippen molar-refractivity contribution in [3.8, 4) is 28.6 Å². The average molecular weight is 558 g/mol. The van der Waals surface area contributed by atoms with Gasteiger partial charge < -0.3 is 33.7 Å². The number of furan rings is 1. The first-order valence-electron chi connectivity index (χ1n) is 13.5. The average Bonchev–Trinajstić information content (AvgIpc) is 3.52. The third-order valence-corrected chi connectivity index (χ3v) is 7.01. The van der Waals surface area contributed by atoms with E-state index >= 15 is 0 Å². The van der Waals surface area contributed by atoms with Gasteiger partial charge in [-0.3, -0.25) is 4.79 Å². The maximum atomic E-state index is 12.8. The van der Waals surface area contributed by atoms with Gasteiger partial charge in [-0.1, -0.05) is 6.58 Å². The molecule has 1 saturated heterocycles. The van der Waals surface area contributed by atoms with E-state index in [0.29, 0.717) is 66.6 Å². The van der Waals surface area contributed by atoms with Gasteiger partial charge >= 0.3 is 0 Å². The van der Waals surface area contributed by atoms with Gasteiger partial charge in [-0.25, -0.2) is 9.97 Å². The van der Waals surface area contributed by atoms with Crippen molar-refractivity contribution in [1.82, 2.24) is 19.8 Å². The van der Waals surface area contributed by atoms with Gasteiger partial charge in [0.1, 0.15) is 29.8 Å². The molecule has 1 aliphatic heterocycles. The number of ether oxygens (including phenoxy) is 3. The molecular formula is C31H35N5O5. The van der Waals surface area contributed by atoms with E-state index in [2.05, 4.69) is 21.9 Å². The Morgan fingerprint density at radius 3 is 2.54 bits per heavy atom. The number of hydrogen-bond donors (Lipinski definition) is 1. The lowest BCUT2D eigenvalue weighted by Crippen LogP contribution is -2.43. The molecule has 4 aromatic rings. The number of anilines is 2. The van der Waals surface area contributed by atoms with Gasteiger partial charge in [0.15, 0.2) is 11.5 Å². The summed E-state index contributed by atoms with van der Waals surface area (Å²) in [5.74, 6) is 3.18. The Hall–Kier alpha value is -4.57. The Balaban J connectivity index is 1.37. The predicted octanol–water partition coefficient (Wildman–Crippen LogP) is 5.14. The zero-order valence-corrected chi connectivity index (χ0v) is 23.8. The highest BCUT2D eigenvalue weighted by atomic mass is 16.5. The van der Waals surface area contributed by atoms with E-state index in [1.165, 1.54) is 6.33 Å². The number of likely N-dealkylation sites (N-methyl/N-ethyl adjacent to an activating group) is 1. The summed E-state index contributed by atoms with van der Waals surface area (Å²) < 4.78 is 23.3. The normalized spacial score (nSPS) is 13.8. The molecule has 2 aromatic heterocycles. The number of likely N-dealkylation sites (tertiary alicyclic amines) is 1. The van der Waals surface area contributed by atoms with Crippen LogP contribution in [0.1, 0.15) is 12.8 Å². The topological polar surface area (TPSA) is 102 Å². The number of amides is 1. The summed E-state index contributed by atoms with van der Waals surface area (Å²) in [6.45, 7) is 5.72. The fourth-order valence-electron chi connectivity index (χ4n) is 4.97. The number of hydrogen-bond acceptors (Lipinski definition) is 9. The van der Waals surface area contributed by atoms with Crippen molar-refractivity contribution in [2.24, 2.45) is 0 Å². The second-order valence-electron chi connectivity index (χ2n) is 10.2. The second-order valence-corrected chi connectivity index (χ2v) is 10.2. The molecule has 0 bridgehead atoms. The lowest BCUT2D eigenvalue weighted by molar-refractivity contribution is -0.129. The molecule has 5 rings (SSSR count). The van der Waals surface area contributed by atoms with Crippen molar-refractivity contribution in [2.45, 2.75) is 18.9 Å². The molecule has 1 amide bonds. The van der Waals surface area contributed by atoms with E-state index in [9.17, 15) is 4.79 Å². The highest BCUT2D eigenvalue weighted by molar-refractivity contribution is 5.94. The Bertz CT molecular complexity index is 1530. The second kappa shape index (κ2) is 12.3. The zero-order chi connectivity index (χ0) is 28.9. The molecule has 41 heavy (non-hydrogen) atoms. The minimum atomic E-state index is -0.0707. The van der Waals surface area contributed by atoms with Crippen LogP contribution in [0.2, 0.25) is 0 Å². The van der Waals surface area contributed by atoms with Crippen LogP contribution >= 0.6 is 0 Å². The molecule has 1 fully saturated rings. The lowest BCUT2D eigenvalue weighted by atomic mass is 10.1. The summed E-state index contributed by atoms with van der Waals surface area (Å²) in [5.41, 5.74) is 2.93. The van der Waals surface area contributed by atoms with Gasteiger partial charge in [-0.05, 0) is 50.5 Å². The van der Waals surface area contributed by atoms with E-state index in [-0.39, 0.29) is 12.0 Å². The zero-order valence-electron chi connectivity index (χ0n) is 23.8. The minimum Gasteiger partial charge on any atom is -0.495 e. The van der Waals surface area contributed by atoms with Crippen molar-refractivity contribution < 1.29 is 23.4 Å². The Kier molecular flexibility index (Phi) is 8.39. The highest BCUT2D eigenvalue weighted by Gasteiger charge is 2.26. The van der Waals surface area contributed by atoms with Crippen molar-refractivity contribution in [3.05, 3.63) is 67.2 Å². The molecule has 1 N–H and O–H groups in total. The van der Waals surface area contributed by atoms with Crippen molar-refractivity contribution in [1.29, 1.82) is 0 Å². The van der Waals surface area contributed by atoms with E-state index in [0.717, 1.165) is 22.4 Å². The predicted molar refractivity (Wildman–Crippen MR) is 158 cm³/mol. The molecule has 3 heterocycles. The fourth-order valence-corrected chi connectivity index (χ4v) is 4.97. The first-order valence-corrected chi connectivity index (χ1v) is 13.5. The fraction of sp³-hybridized carbons (Fsp3) is 0.323. The maximum absolute atomic E-state index is 12.8. The van der Waals surface area contributed by atoms with Crippen LogP contribution in [0.5, 0.6) is 17.2 Å². The molecule has 10 heteroatoms. The third kappa shape index (κ3) is 6.28. The summed E-state index contributed by atoms with van der Waals surface area (Å²) in [7, 11) is 7.09. The number of nitrogens with one attached hydrogen (secondary N) is 1. The van der Waals surface area contributed by atoms with Crippen LogP contribution in [0.3, 0.4) is 0 Å². The van der Waals surface area contributed by atoms with Gasteiger partial charge in [0.05, 0.1) is 31.7 Å². The molecule has 0 unspecified atom stereocenters. The van der Waals surface area contributed by atoms with E-state index in [4.69, 9.17) is 18.6 Å². The van der Waals surface area contributed by atoms with Gasteiger partial charge in [0.25, 0.3) is 0 Å². The van der Waals surface area contributed by atoms with Crippen molar-refractivity contribution in [3.63, 3.8) is 0 Å². The summed E-state index contributed by atoms with van der Waals surface area (Å²) in [6.07, 6.45) is 4.48. The summed E-state index contributed by atoms with van der Waals surface area (Å²) in [4.78, 5) is 25.6. The Morgan fingerprint density at radius 2 is 1.85 bits per heavy atom. The molecule has 214 valence electrons. The van der Waals surface area contributed by atoms with E-state index in [1.807, 2.05) is 66.4 Å². The summed E-state index contributed by atoms with van der Waals surface area (Å²) in [6, 6.07) is 13.3. The lowest BCUT2D eigenvalue weighted by Gasteiger charge is -2.33. The smallest absolute Gasteiger partial charge is 0.250 e. The van der Waals surface area contributed by atoms with Gasteiger partial charge in [0.2, 0.25) is 5.91 Å². The molecule has 0 atom stereocenters. The number of carbonyl (C=O) groups excluding carboxylic acids is 1. The molecule has 1 aliphatic rings. The first-order chi connectivity index (χ1) is 19.9. The largest absolute Gasteiger partial charge is 0.495 e. The molecule has 2 aromatic carbocycles. The van der Waals surface area contributed by atoms with Crippen LogP contribution in [0.25, 0.3) is 22.2 Å². The minimum absolute atomic E-state index is 0.000143. The van der Waals surface area contributed by atoms with Crippen LogP contribution in [-0.2, 0) is 4.79 Å². The number of fused-ring (bicyclic) bond motifs is 1. The summed E-state index contributed by atoms with van der Waals surface area (Å²) in [5, 5.41) is 4.17. The molecule has 0 saturated carbocycles. The van der Waals surface area contributed by atoms with E-state index < -0.39 is 0 Å². The number of benzene rings is 2. The number of nitrogens with zero attached hydrogens (tertiary/aromatic N) is 4. The number of methoxy groups -OCH3 is 2. The first kappa shape index (κ1) is 28.0. The van der Waals surface area contributed by atoms with E-state index in [1.54, 1.807) is 20.5 Å². The van der Waals surface area contributed by atoms with Gasteiger partial charge in [0, 0.05) is 55.1 Å². The van der Waals surface area contributed by atoms with Crippen LogP contribution in [0.15, 0.2) is 71.6 Å². The van der Waals surface area contributed by atoms with Crippen LogP contribution in [-0.4, -0.2) is 79.7 Å². The number of rotatable bonds is 10. The van der Waals surface area contributed by atoms with Crippen LogP contribution in [0.4, 0.5) is 11.5 Å². The van der Waals surface area contributed by atoms with Crippen LogP contribution < -0.4 is 19.5 Å². The molecule has 0 spiro atoms. The van der Waals surface area contributed by atoms with Crippen molar-refractivity contribution in [2.75, 3.05) is 53.3 Å². The molecular weight excluding hydrogens is 522 g/mol. The number of aromatic nitrogens is 2. The van der Waals surface area contributed by atoms with Gasteiger partial charge in [-0.15, -0.1) is 0 Å². The number of carbonyl (C=O) groups is 1. The SMILES string of the molecule is C=C(CN(C)C)C(=O)N1CCC(Oc2cc3c(Nc4cc(-c5ccco5)ccc4OC)ncnc3cc2OC)CC1. The number of piperidine rings is 1. The standard InChI is InChI=1S/C31H35N5O5/c1-20(18-35(2)3)31(37)36-12-10-22(11-13-36)41-29-16-23-24(17-28(29)39-5)32-19-33-30(23)34-25-15-21(8-9-27(25)38-4)26-7-6-14-40-26/h6-9,14-17,19,22H,1,10-13,18H2,2-5H3,(H,32,33,34). The quantitative estimate of drug-likeness (QED) is 0.266. The molecule has 0 radical (unpaired) electrons. The van der Waals surface area contributed by atoms with Gasteiger partial charge in [-0.2, -0.15) is 0 Å².